The third kappa shape index (κ3) is 2.45. The molecule has 2 aliphatic heterocycles. The molecule has 0 spiro atoms. The van der Waals surface area contributed by atoms with E-state index in [4.69, 9.17) is 5.73 Å². The maximum absolute atomic E-state index is 13.0. The number of rotatable bonds is 2. The highest BCUT2D eigenvalue weighted by atomic mass is 32.2. The molecule has 2 heterocycles. The van der Waals surface area contributed by atoms with Gasteiger partial charge in [0.25, 0.3) is 0 Å². The number of hydrogen-bond acceptors (Lipinski definition) is 4. The van der Waals surface area contributed by atoms with Crippen molar-refractivity contribution in [2.45, 2.75) is 37.6 Å². The van der Waals surface area contributed by atoms with E-state index in [9.17, 15) is 8.42 Å². The lowest BCUT2D eigenvalue weighted by Gasteiger charge is -2.37. The highest BCUT2D eigenvalue weighted by Crippen LogP contribution is 2.31. The Labute approximate surface area is 126 Å². The lowest BCUT2D eigenvalue weighted by molar-refractivity contribution is 0.158. The van der Waals surface area contributed by atoms with Crippen molar-refractivity contribution >= 4 is 15.7 Å². The summed E-state index contributed by atoms with van der Waals surface area (Å²) in [6.45, 7) is 6.84. The van der Waals surface area contributed by atoms with Gasteiger partial charge in [-0.25, -0.2) is 8.42 Å². The number of piperazine rings is 1. The van der Waals surface area contributed by atoms with Crippen LogP contribution in [0, 0.1) is 13.8 Å². The van der Waals surface area contributed by atoms with Crippen LogP contribution in [-0.2, 0) is 10.0 Å². The van der Waals surface area contributed by atoms with Gasteiger partial charge in [-0.1, -0.05) is 6.07 Å². The monoisotopic (exact) mass is 309 g/mol. The summed E-state index contributed by atoms with van der Waals surface area (Å²) in [5, 5.41) is 0. The number of nitrogens with zero attached hydrogens (tertiary/aromatic N) is 2. The minimum Gasteiger partial charge on any atom is -0.398 e. The largest absolute Gasteiger partial charge is 0.398 e. The fraction of sp³-hybridized carbons (Fsp3) is 0.600. The molecule has 2 saturated heterocycles. The number of fused-ring (bicyclic) bond motifs is 1. The van der Waals surface area contributed by atoms with Crippen LogP contribution in [0.5, 0.6) is 0 Å². The summed E-state index contributed by atoms with van der Waals surface area (Å²) in [6, 6.07) is 3.94. The minimum absolute atomic E-state index is 0.300. The van der Waals surface area contributed by atoms with Crippen molar-refractivity contribution in [2.24, 2.45) is 0 Å². The molecule has 21 heavy (non-hydrogen) atoms. The second kappa shape index (κ2) is 5.26. The van der Waals surface area contributed by atoms with E-state index in [2.05, 4.69) is 4.90 Å². The molecule has 5 nitrogen and oxygen atoms in total. The van der Waals surface area contributed by atoms with Crippen molar-refractivity contribution < 1.29 is 8.42 Å². The Morgan fingerprint density at radius 2 is 1.95 bits per heavy atom. The Bertz CT molecular complexity index is 657. The van der Waals surface area contributed by atoms with Crippen molar-refractivity contribution in [3.05, 3.63) is 23.3 Å². The second-order valence-electron chi connectivity index (χ2n) is 6.12. The molecule has 0 aliphatic carbocycles. The summed E-state index contributed by atoms with van der Waals surface area (Å²) in [6.07, 6.45) is 2.26. The number of aryl methyl sites for hydroxylation is 1. The van der Waals surface area contributed by atoms with E-state index in [-0.39, 0.29) is 0 Å². The molecule has 0 bridgehead atoms. The van der Waals surface area contributed by atoms with Crippen LogP contribution in [-0.4, -0.2) is 49.8 Å². The van der Waals surface area contributed by atoms with Gasteiger partial charge in [0, 0.05) is 25.7 Å². The van der Waals surface area contributed by atoms with Gasteiger partial charge in [-0.2, -0.15) is 4.31 Å². The Balaban J connectivity index is 1.96. The normalized spacial score (nSPS) is 24.2. The van der Waals surface area contributed by atoms with Crippen LogP contribution < -0.4 is 5.73 Å². The van der Waals surface area contributed by atoms with Crippen molar-refractivity contribution in [3.8, 4) is 0 Å². The quantitative estimate of drug-likeness (QED) is 0.838. The molecule has 3 rings (SSSR count). The molecule has 1 unspecified atom stereocenters. The fourth-order valence-electron chi connectivity index (χ4n) is 3.46. The van der Waals surface area contributed by atoms with E-state index in [0.29, 0.717) is 29.7 Å². The predicted octanol–water partition coefficient (Wildman–Crippen LogP) is 1.35. The fourth-order valence-corrected chi connectivity index (χ4v) is 5.33. The molecule has 1 aromatic rings. The molecular formula is C15H23N3O2S. The lowest BCUT2D eigenvalue weighted by Crippen LogP contribution is -2.52. The van der Waals surface area contributed by atoms with Crippen LogP contribution >= 0.6 is 0 Å². The van der Waals surface area contributed by atoms with E-state index in [1.807, 2.05) is 19.9 Å². The van der Waals surface area contributed by atoms with Crippen molar-refractivity contribution in [1.82, 2.24) is 9.21 Å². The maximum Gasteiger partial charge on any atom is 0.245 e. The number of benzene rings is 1. The van der Waals surface area contributed by atoms with Crippen LogP contribution in [0.1, 0.15) is 24.0 Å². The molecule has 0 amide bonds. The van der Waals surface area contributed by atoms with Gasteiger partial charge in [0.1, 0.15) is 4.90 Å². The third-order valence-corrected chi connectivity index (χ3v) is 6.92. The first-order valence-electron chi connectivity index (χ1n) is 7.51. The molecule has 1 atom stereocenters. The lowest BCUT2D eigenvalue weighted by atomic mass is 10.1. The van der Waals surface area contributed by atoms with Crippen molar-refractivity contribution in [3.63, 3.8) is 0 Å². The van der Waals surface area contributed by atoms with E-state index >= 15 is 0 Å². The van der Waals surface area contributed by atoms with Gasteiger partial charge in [-0.05, 0) is 50.4 Å². The number of sulfonamides is 1. The molecule has 116 valence electrons. The summed E-state index contributed by atoms with van der Waals surface area (Å²) in [7, 11) is -3.50. The molecule has 1 aromatic carbocycles. The third-order valence-electron chi connectivity index (χ3n) is 4.86. The van der Waals surface area contributed by atoms with Crippen LogP contribution in [0.2, 0.25) is 0 Å². The highest BCUT2D eigenvalue weighted by molar-refractivity contribution is 7.89. The average molecular weight is 309 g/mol. The zero-order valence-corrected chi connectivity index (χ0v) is 13.5. The summed E-state index contributed by atoms with van der Waals surface area (Å²) in [5.41, 5.74) is 8.06. The van der Waals surface area contributed by atoms with Gasteiger partial charge < -0.3 is 5.73 Å². The Morgan fingerprint density at radius 3 is 2.71 bits per heavy atom. The Hall–Kier alpha value is -1.11. The van der Waals surface area contributed by atoms with E-state index in [0.717, 1.165) is 30.6 Å². The van der Waals surface area contributed by atoms with Crippen LogP contribution in [0.4, 0.5) is 5.69 Å². The van der Waals surface area contributed by atoms with Crippen LogP contribution in [0.25, 0.3) is 0 Å². The van der Waals surface area contributed by atoms with Gasteiger partial charge >= 0.3 is 0 Å². The first-order valence-corrected chi connectivity index (χ1v) is 8.95. The topological polar surface area (TPSA) is 66.6 Å². The highest BCUT2D eigenvalue weighted by Gasteiger charge is 2.37. The zero-order valence-electron chi connectivity index (χ0n) is 12.7. The van der Waals surface area contributed by atoms with Gasteiger partial charge in [0.15, 0.2) is 0 Å². The summed E-state index contributed by atoms with van der Waals surface area (Å²) in [5.74, 6) is 0. The minimum atomic E-state index is -3.50. The number of nitrogens with two attached hydrogens (primary N) is 1. The van der Waals surface area contributed by atoms with Crippen molar-refractivity contribution in [2.75, 3.05) is 31.9 Å². The van der Waals surface area contributed by atoms with E-state index in [1.165, 1.54) is 6.42 Å². The molecule has 0 aromatic heterocycles. The van der Waals surface area contributed by atoms with Crippen LogP contribution in [0.15, 0.2) is 17.0 Å². The van der Waals surface area contributed by atoms with Crippen LogP contribution in [0.3, 0.4) is 0 Å². The first kappa shape index (κ1) is 14.8. The molecule has 2 fully saturated rings. The molecule has 2 N–H and O–H groups in total. The number of nitrogen functional groups attached to an aromatic ring is 1. The first-order chi connectivity index (χ1) is 9.91. The van der Waals surface area contributed by atoms with Gasteiger partial charge in [0.2, 0.25) is 10.0 Å². The van der Waals surface area contributed by atoms with E-state index < -0.39 is 10.0 Å². The predicted molar refractivity (Wildman–Crippen MR) is 83.7 cm³/mol. The number of anilines is 1. The zero-order chi connectivity index (χ0) is 15.2. The molecule has 2 aliphatic rings. The Morgan fingerprint density at radius 1 is 1.19 bits per heavy atom. The maximum atomic E-state index is 13.0. The molecular weight excluding hydrogens is 286 g/mol. The molecule has 0 radical (unpaired) electrons. The van der Waals surface area contributed by atoms with Gasteiger partial charge in [0.05, 0.1) is 5.69 Å². The summed E-state index contributed by atoms with van der Waals surface area (Å²) >= 11 is 0. The van der Waals surface area contributed by atoms with Crippen molar-refractivity contribution in [1.29, 1.82) is 0 Å². The summed E-state index contributed by atoms with van der Waals surface area (Å²) < 4.78 is 27.6. The average Bonchev–Trinajstić information content (AvgIpc) is 2.90. The van der Waals surface area contributed by atoms with Gasteiger partial charge in [-0.15, -0.1) is 0 Å². The SMILES string of the molecule is Cc1ccc(N)c(S(=O)(=O)N2CCN3CCCC3C2)c1C. The molecule has 0 saturated carbocycles. The molecule has 6 heteroatoms. The summed E-state index contributed by atoms with van der Waals surface area (Å²) in [4.78, 5) is 2.70. The smallest absolute Gasteiger partial charge is 0.245 e. The van der Waals surface area contributed by atoms with E-state index in [1.54, 1.807) is 10.4 Å². The number of hydrogen-bond donors (Lipinski definition) is 1. The Kier molecular flexibility index (Phi) is 3.71. The second-order valence-corrected chi connectivity index (χ2v) is 8.00. The standard InChI is InChI=1S/C15H23N3O2S/c1-11-5-6-14(16)15(12(11)2)21(19,20)18-9-8-17-7-3-4-13(17)10-18/h5-6,13H,3-4,7-10,16H2,1-2H3. The van der Waals surface area contributed by atoms with Gasteiger partial charge in [-0.3, -0.25) is 4.90 Å².